The second-order valence-corrected chi connectivity index (χ2v) is 7.40. The zero-order valence-electron chi connectivity index (χ0n) is 12.6. The maximum absolute atomic E-state index is 12.3. The van der Waals surface area contributed by atoms with Crippen molar-refractivity contribution in [3.8, 4) is 0 Å². The van der Waals surface area contributed by atoms with Gasteiger partial charge in [0.2, 0.25) is 10.0 Å². The van der Waals surface area contributed by atoms with E-state index in [1.54, 1.807) is 0 Å². The zero-order chi connectivity index (χ0) is 15.9. The molecule has 0 aromatic heterocycles. The van der Waals surface area contributed by atoms with E-state index >= 15 is 0 Å². The molecule has 1 aromatic carbocycles. The molecule has 1 unspecified atom stereocenters. The normalized spacial score (nSPS) is 13.3. The van der Waals surface area contributed by atoms with Gasteiger partial charge in [0.25, 0.3) is 0 Å². The molecule has 0 fully saturated rings. The molecule has 21 heavy (non-hydrogen) atoms. The molecule has 6 heteroatoms. The van der Waals surface area contributed by atoms with E-state index in [9.17, 15) is 8.42 Å². The quantitative estimate of drug-likeness (QED) is 0.680. The average Bonchev–Trinajstić information content (AvgIpc) is 2.43. The van der Waals surface area contributed by atoms with Crippen LogP contribution in [0.4, 0.5) is 0 Å². The average molecular weight is 334 g/mol. The summed E-state index contributed by atoms with van der Waals surface area (Å²) in [5.74, 6) is 0. The molecular weight excluding hydrogens is 310 g/mol. The molecule has 1 rings (SSSR count). The second kappa shape index (κ2) is 8.73. The SMILES string of the molecule is CCCCCCC(C)NS(=O)(=O)c1ccc(Cl)c(CO)c1. The summed E-state index contributed by atoms with van der Waals surface area (Å²) in [6, 6.07) is 4.25. The smallest absolute Gasteiger partial charge is 0.240 e. The first-order chi connectivity index (χ1) is 9.90. The van der Waals surface area contributed by atoms with Crippen LogP contribution in [0.25, 0.3) is 0 Å². The monoisotopic (exact) mass is 333 g/mol. The fourth-order valence-electron chi connectivity index (χ4n) is 2.11. The van der Waals surface area contributed by atoms with Gasteiger partial charge < -0.3 is 5.11 Å². The van der Waals surface area contributed by atoms with Gasteiger partial charge in [0.05, 0.1) is 11.5 Å². The van der Waals surface area contributed by atoms with Gasteiger partial charge in [-0.3, -0.25) is 0 Å². The maximum Gasteiger partial charge on any atom is 0.240 e. The zero-order valence-corrected chi connectivity index (χ0v) is 14.2. The number of benzene rings is 1. The van der Waals surface area contributed by atoms with Crippen molar-refractivity contribution in [2.24, 2.45) is 0 Å². The predicted octanol–water partition coefficient (Wildman–Crippen LogP) is 3.47. The molecule has 0 radical (unpaired) electrons. The fraction of sp³-hybridized carbons (Fsp3) is 0.600. The van der Waals surface area contributed by atoms with E-state index in [0.29, 0.717) is 10.6 Å². The highest BCUT2D eigenvalue weighted by molar-refractivity contribution is 7.89. The number of halogens is 1. The number of unbranched alkanes of at least 4 members (excludes halogenated alkanes) is 3. The topological polar surface area (TPSA) is 66.4 Å². The van der Waals surface area contributed by atoms with Crippen molar-refractivity contribution in [2.45, 2.75) is 63.5 Å². The van der Waals surface area contributed by atoms with Gasteiger partial charge in [-0.15, -0.1) is 0 Å². The van der Waals surface area contributed by atoms with Gasteiger partial charge in [-0.25, -0.2) is 13.1 Å². The van der Waals surface area contributed by atoms with Gasteiger partial charge in [-0.2, -0.15) is 0 Å². The van der Waals surface area contributed by atoms with Crippen LogP contribution in [0.5, 0.6) is 0 Å². The van der Waals surface area contributed by atoms with Gasteiger partial charge in [-0.1, -0.05) is 44.2 Å². The van der Waals surface area contributed by atoms with Crippen LogP contribution in [0.15, 0.2) is 23.1 Å². The Morgan fingerprint density at radius 1 is 1.29 bits per heavy atom. The molecular formula is C15H24ClNO3S. The summed E-state index contributed by atoms with van der Waals surface area (Å²) in [6.07, 6.45) is 5.29. The van der Waals surface area contributed by atoms with Crippen LogP contribution in [0.3, 0.4) is 0 Å². The van der Waals surface area contributed by atoms with Crippen molar-refractivity contribution in [1.29, 1.82) is 0 Å². The Morgan fingerprint density at radius 3 is 2.62 bits per heavy atom. The Kier molecular flexibility index (Phi) is 7.66. The van der Waals surface area contributed by atoms with Crippen LogP contribution in [-0.2, 0) is 16.6 Å². The van der Waals surface area contributed by atoms with Crippen molar-refractivity contribution in [3.63, 3.8) is 0 Å². The van der Waals surface area contributed by atoms with Gasteiger partial charge in [0, 0.05) is 11.1 Å². The minimum atomic E-state index is -3.57. The first-order valence-corrected chi connectivity index (χ1v) is 9.18. The lowest BCUT2D eigenvalue weighted by Crippen LogP contribution is -2.32. The second-order valence-electron chi connectivity index (χ2n) is 5.28. The first kappa shape index (κ1) is 18.4. The number of aliphatic hydroxyl groups excluding tert-OH is 1. The van der Waals surface area contributed by atoms with Crippen LogP contribution < -0.4 is 4.72 Å². The number of aliphatic hydroxyl groups is 1. The van der Waals surface area contributed by atoms with E-state index in [2.05, 4.69) is 11.6 Å². The van der Waals surface area contributed by atoms with E-state index in [-0.39, 0.29) is 17.5 Å². The molecule has 4 nitrogen and oxygen atoms in total. The van der Waals surface area contributed by atoms with E-state index in [4.69, 9.17) is 16.7 Å². The third kappa shape index (κ3) is 5.94. The number of sulfonamides is 1. The standard InChI is InChI=1S/C15H24ClNO3S/c1-3-4-5-6-7-12(2)17-21(19,20)14-8-9-15(16)13(10-14)11-18/h8-10,12,17-18H,3-7,11H2,1-2H3. The van der Waals surface area contributed by atoms with Crippen molar-refractivity contribution in [3.05, 3.63) is 28.8 Å². The molecule has 0 saturated heterocycles. The van der Waals surface area contributed by atoms with Crippen molar-refractivity contribution < 1.29 is 13.5 Å². The van der Waals surface area contributed by atoms with Gasteiger partial charge in [0.15, 0.2) is 0 Å². The molecule has 2 N–H and O–H groups in total. The molecule has 0 aliphatic carbocycles. The molecule has 120 valence electrons. The highest BCUT2D eigenvalue weighted by Crippen LogP contribution is 2.21. The first-order valence-electron chi connectivity index (χ1n) is 7.32. The molecule has 0 heterocycles. The molecule has 0 amide bonds. The van der Waals surface area contributed by atoms with Crippen molar-refractivity contribution in [2.75, 3.05) is 0 Å². The third-order valence-electron chi connectivity index (χ3n) is 3.34. The minimum absolute atomic E-state index is 0.111. The summed E-state index contributed by atoms with van der Waals surface area (Å²) in [4.78, 5) is 0.136. The lowest BCUT2D eigenvalue weighted by molar-refractivity contribution is 0.281. The van der Waals surface area contributed by atoms with Crippen LogP contribution in [0.1, 0.15) is 51.5 Å². The third-order valence-corrected chi connectivity index (χ3v) is 5.30. The van der Waals surface area contributed by atoms with E-state index in [1.807, 2.05) is 6.92 Å². The summed E-state index contributed by atoms with van der Waals surface area (Å²) in [6.45, 7) is 3.73. The lowest BCUT2D eigenvalue weighted by atomic mass is 10.1. The van der Waals surface area contributed by atoms with Crippen molar-refractivity contribution in [1.82, 2.24) is 4.72 Å². The fourth-order valence-corrected chi connectivity index (χ4v) is 3.61. The molecule has 0 aliphatic heterocycles. The van der Waals surface area contributed by atoms with Gasteiger partial charge >= 0.3 is 0 Å². The van der Waals surface area contributed by atoms with Crippen LogP contribution in [0, 0.1) is 0 Å². The Hall–Kier alpha value is -0.620. The number of nitrogens with one attached hydrogen (secondary N) is 1. The summed E-state index contributed by atoms with van der Waals surface area (Å²) in [5.41, 5.74) is 0.412. The number of hydrogen-bond donors (Lipinski definition) is 2. The molecule has 1 aromatic rings. The molecule has 0 saturated carbocycles. The molecule has 0 aliphatic rings. The maximum atomic E-state index is 12.3. The summed E-state index contributed by atoms with van der Waals surface area (Å²) >= 11 is 5.88. The van der Waals surface area contributed by atoms with Crippen LogP contribution in [-0.4, -0.2) is 19.6 Å². The van der Waals surface area contributed by atoms with Crippen molar-refractivity contribution >= 4 is 21.6 Å². The highest BCUT2D eigenvalue weighted by Gasteiger charge is 2.18. The molecule has 1 atom stereocenters. The Morgan fingerprint density at radius 2 is 2.00 bits per heavy atom. The highest BCUT2D eigenvalue weighted by atomic mass is 35.5. The number of rotatable bonds is 9. The molecule has 0 bridgehead atoms. The summed E-state index contributed by atoms with van der Waals surface area (Å²) in [5, 5.41) is 9.52. The van der Waals surface area contributed by atoms with Crippen LogP contribution >= 0.6 is 11.6 Å². The Balaban J connectivity index is 2.68. The minimum Gasteiger partial charge on any atom is -0.392 e. The predicted molar refractivity (Wildman–Crippen MR) is 85.9 cm³/mol. The van der Waals surface area contributed by atoms with E-state index in [0.717, 1.165) is 25.7 Å². The Bertz CT molecular complexity index is 546. The molecule has 0 spiro atoms. The summed E-state index contributed by atoms with van der Waals surface area (Å²) in [7, 11) is -3.57. The number of hydrogen-bond acceptors (Lipinski definition) is 3. The largest absolute Gasteiger partial charge is 0.392 e. The van der Waals surface area contributed by atoms with E-state index in [1.165, 1.54) is 24.6 Å². The lowest BCUT2D eigenvalue weighted by Gasteiger charge is -2.15. The van der Waals surface area contributed by atoms with Crippen LogP contribution in [0.2, 0.25) is 5.02 Å². The van der Waals surface area contributed by atoms with Gasteiger partial charge in [-0.05, 0) is 37.1 Å². The summed E-state index contributed by atoms with van der Waals surface area (Å²) < 4.78 is 27.2. The van der Waals surface area contributed by atoms with E-state index < -0.39 is 10.0 Å². The van der Waals surface area contributed by atoms with Gasteiger partial charge in [0.1, 0.15) is 0 Å². The Labute approximate surface area is 132 Å².